The number of ether oxygens (including phenoxy) is 1. The van der Waals surface area contributed by atoms with Crippen LogP contribution in [0.2, 0.25) is 0 Å². The summed E-state index contributed by atoms with van der Waals surface area (Å²) in [5.74, 6) is 0. The van der Waals surface area contributed by atoms with E-state index < -0.39 is 0 Å². The number of hydrogen-bond donors (Lipinski definition) is 1. The molecular formula is C16H22N2O2. The molecule has 2 rings (SSSR count). The third-order valence-electron chi connectivity index (χ3n) is 3.74. The molecule has 0 amide bonds. The molecule has 0 aromatic heterocycles. The highest BCUT2D eigenvalue weighted by atomic mass is 16.5. The van der Waals surface area contributed by atoms with E-state index in [1.165, 1.54) is 5.56 Å². The molecule has 0 radical (unpaired) electrons. The fourth-order valence-electron chi connectivity index (χ4n) is 2.57. The Morgan fingerprint density at radius 1 is 1.35 bits per heavy atom. The lowest BCUT2D eigenvalue weighted by molar-refractivity contribution is -0.149. The van der Waals surface area contributed by atoms with E-state index in [1.54, 1.807) is 0 Å². The zero-order valence-electron chi connectivity index (χ0n) is 12.0. The summed E-state index contributed by atoms with van der Waals surface area (Å²) < 4.78 is 5.27. The average molecular weight is 274 g/mol. The van der Waals surface area contributed by atoms with Gasteiger partial charge in [0.1, 0.15) is 0 Å². The van der Waals surface area contributed by atoms with E-state index in [2.05, 4.69) is 17.9 Å². The zero-order valence-corrected chi connectivity index (χ0v) is 12.0. The molecular weight excluding hydrogens is 252 g/mol. The minimum atomic E-state index is -0.0816. The summed E-state index contributed by atoms with van der Waals surface area (Å²) >= 11 is 0. The van der Waals surface area contributed by atoms with Gasteiger partial charge in [0, 0.05) is 13.1 Å². The topological polar surface area (TPSA) is 56.5 Å². The predicted octanol–water partition coefficient (Wildman–Crippen LogP) is 1.78. The first-order chi connectivity index (χ1) is 9.71. The van der Waals surface area contributed by atoms with Crippen molar-refractivity contribution in [1.82, 2.24) is 4.90 Å². The van der Waals surface area contributed by atoms with Gasteiger partial charge in [-0.05, 0) is 30.7 Å². The normalized spacial score (nSPS) is 16.7. The van der Waals surface area contributed by atoms with Crippen molar-refractivity contribution in [2.24, 2.45) is 5.41 Å². The Kier molecular flexibility index (Phi) is 5.13. The first kappa shape index (κ1) is 15.0. The molecule has 1 saturated heterocycles. The molecule has 1 aromatic rings. The molecule has 4 nitrogen and oxygen atoms in total. The van der Waals surface area contributed by atoms with Crippen LogP contribution in [-0.4, -0.2) is 42.9 Å². The van der Waals surface area contributed by atoms with Crippen molar-refractivity contribution in [3.63, 3.8) is 0 Å². The fraction of sp³-hybridized carbons (Fsp3) is 0.562. The van der Waals surface area contributed by atoms with Crippen LogP contribution in [-0.2, 0) is 11.3 Å². The summed E-state index contributed by atoms with van der Waals surface area (Å²) in [6, 6.07) is 9.85. The van der Waals surface area contributed by atoms with Crippen LogP contribution in [0.15, 0.2) is 24.3 Å². The lowest BCUT2D eigenvalue weighted by atomic mass is 9.86. The smallest absolute Gasteiger partial charge is 0.0991 e. The second-order valence-corrected chi connectivity index (χ2v) is 5.67. The number of aliphatic hydroxyl groups excluding tert-OH is 1. The van der Waals surface area contributed by atoms with E-state index in [-0.39, 0.29) is 12.0 Å². The maximum Gasteiger partial charge on any atom is 0.0991 e. The first-order valence-electron chi connectivity index (χ1n) is 7.11. The van der Waals surface area contributed by atoms with Crippen molar-refractivity contribution in [3.05, 3.63) is 35.4 Å². The van der Waals surface area contributed by atoms with Crippen LogP contribution in [0, 0.1) is 16.7 Å². The molecule has 0 unspecified atom stereocenters. The third-order valence-corrected chi connectivity index (χ3v) is 3.74. The maximum absolute atomic E-state index is 9.55. The second-order valence-electron chi connectivity index (χ2n) is 5.67. The second kappa shape index (κ2) is 6.85. The number of nitrogens with zero attached hydrogens (tertiary/aromatic N) is 2. The number of nitriles is 1. The molecule has 0 saturated carbocycles. The van der Waals surface area contributed by atoms with Gasteiger partial charge in [0.2, 0.25) is 0 Å². The van der Waals surface area contributed by atoms with Crippen LogP contribution in [0.1, 0.15) is 24.5 Å². The first-order valence-corrected chi connectivity index (χ1v) is 7.11. The van der Waals surface area contributed by atoms with Gasteiger partial charge in [-0.3, -0.25) is 4.90 Å². The van der Waals surface area contributed by atoms with Crippen molar-refractivity contribution in [1.29, 1.82) is 5.26 Å². The predicted molar refractivity (Wildman–Crippen MR) is 77.1 cm³/mol. The van der Waals surface area contributed by atoms with Crippen LogP contribution in [0.3, 0.4) is 0 Å². The van der Waals surface area contributed by atoms with Gasteiger partial charge >= 0.3 is 0 Å². The van der Waals surface area contributed by atoms with Gasteiger partial charge in [0.25, 0.3) is 0 Å². The summed E-state index contributed by atoms with van der Waals surface area (Å²) in [6.07, 6.45) is 1.08. The summed E-state index contributed by atoms with van der Waals surface area (Å²) in [6.45, 7) is 6.35. The highest BCUT2D eigenvalue weighted by molar-refractivity contribution is 5.31. The molecule has 1 aromatic carbocycles. The van der Waals surface area contributed by atoms with Gasteiger partial charge in [0.05, 0.1) is 36.9 Å². The zero-order chi connectivity index (χ0) is 14.4. The Balaban J connectivity index is 1.99. The number of hydrogen-bond acceptors (Lipinski definition) is 4. The fourth-order valence-corrected chi connectivity index (χ4v) is 2.57. The van der Waals surface area contributed by atoms with Crippen molar-refractivity contribution in [2.45, 2.75) is 19.9 Å². The molecule has 1 heterocycles. The van der Waals surface area contributed by atoms with Crippen LogP contribution in [0.5, 0.6) is 0 Å². The molecule has 1 aliphatic heterocycles. The van der Waals surface area contributed by atoms with Crippen LogP contribution < -0.4 is 0 Å². The van der Waals surface area contributed by atoms with E-state index in [9.17, 15) is 5.11 Å². The van der Waals surface area contributed by atoms with E-state index in [1.807, 2.05) is 24.3 Å². The van der Waals surface area contributed by atoms with E-state index in [0.717, 1.165) is 26.1 Å². The lowest BCUT2D eigenvalue weighted by Crippen LogP contribution is -2.53. The van der Waals surface area contributed by atoms with Crippen molar-refractivity contribution < 1.29 is 9.84 Å². The molecule has 1 fully saturated rings. The van der Waals surface area contributed by atoms with Gasteiger partial charge in [-0.15, -0.1) is 0 Å². The molecule has 1 N–H and O–H groups in total. The van der Waals surface area contributed by atoms with Crippen LogP contribution in [0.25, 0.3) is 0 Å². The molecule has 0 aliphatic carbocycles. The molecule has 4 heteroatoms. The highest BCUT2D eigenvalue weighted by Crippen LogP contribution is 2.28. The Morgan fingerprint density at radius 2 is 2.05 bits per heavy atom. The van der Waals surface area contributed by atoms with Crippen LogP contribution >= 0.6 is 0 Å². The molecule has 0 atom stereocenters. The number of aliphatic hydroxyl groups is 1. The highest BCUT2D eigenvalue weighted by Gasteiger charge is 2.39. The van der Waals surface area contributed by atoms with Crippen molar-refractivity contribution >= 4 is 0 Å². The molecule has 0 spiro atoms. The van der Waals surface area contributed by atoms with Gasteiger partial charge in [-0.1, -0.05) is 19.1 Å². The summed E-state index contributed by atoms with van der Waals surface area (Å²) in [4.78, 5) is 2.36. The Bertz CT molecular complexity index is 455. The van der Waals surface area contributed by atoms with Gasteiger partial charge in [-0.2, -0.15) is 5.26 Å². The van der Waals surface area contributed by atoms with E-state index in [0.29, 0.717) is 18.8 Å². The minimum Gasteiger partial charge on any atom is -0.396 e. The molecule has 20 heavy (non-hydrogen) atoms. The van der Waals surface area contributed by atoms with Crippen LogP contribution in [0.4, 0.5) is 0 Å². The monoisotopic (exact) mass is 274 g/mol. The lowest BCUT2D eigenvalue weighted by Gasteiger charge is -2.43. The van der Waals surface area contributed by atoms with Gasteiger partial charge < -0.3 is 9.84 Å². The van der Waals surface area contributed by atoms with E-state index in [4.69, 9.17) is 10.00 Å². The quantitative estimate of drug-likeness (QED) is 0.823. The minimum absolute atomic E-state index is 0.0816. The summed E-state index contributed by atoms with van der Waals surface area (Å²) in [5.41, 5.74) is 1.81. The van der Waals surface area contributed by atoms with Gasteiger partial charge in [0.15, 0.2) is 0 Å². The van der Waals surface area contributed by atoms with Crippen molar-refractivity contribution in [2.75, 3.05) is 32.9 Å². The summed E-state index contributed by atoms with van der Waals surface area (Å²) in [7, 11) is 0. The van der Waals surface area contributed by atoms with Crippen molar-refractivity contribution in [3.8, 4) is 6.07 Å². The van der Waals surface area contributed by atoms with Gasteiger partial charge in [-0.25, -0.2) is 0 Å². The number of benzene rings is 1. The Labute approximate surface area is 120 Å². The summed E-state index contributed by atoms with van der Waals surface area (Å²) in [5, 5.41) is 18.4. The molecule has 0 bridgehead atoms. The standard InChI is InChI=1S/C16H22N2O2/c1-2-7-18(10-16(11-19)12-20-13-16)9-15-5-3-14(8-17)4-6-15/h3-6,19H,2,7,9-13H2,1H3. The number of rotatable bonds is 7. The largest absolute Gasteiger partial charge is 0.396 e. The molecule has 1 aliphatic rings. The average Bonchev–Trinajstić information content (AvgIpc) is 2.44. The Morgan fingerprint density at radius 3 is 2.50 bits per heavy atom. The molecule has 108 valence electrons. The Hall–Kier alpha value is -1.41. The SMILES string of the molecule is CCCN(Cc1ccc(C#N)cc1)CC1(CO)COC1. The van der Waals surface area contributed by atoms with E-state index >= 15 is 0 Å². The third kappa shape index (κ3) is 3.57. The maximum atomic E-state index is 9.55.